The summed E-state index contributed by atoms with van der Waals surface area (Å²) in [6.07, 6.45) is 14.9. The Hall–Kier alpha value is -6.46. The number of hydrogen-bond acceptors (Lipinski definition) is 5. The normalized spacial score (nSPS) is 20.6. The van der Waals surface area contributed by atoms with Gasteiger partial charge in [-0.1, -0.05) is 115 Å². The standard InChI is InChI=1S/C26H26FN3O.C19H19FN2O2.C7H9N.4CH4/c1-26-15-19-17-29-30(22-12-10-21(27)11-13-22)24(19)14-20(26)8-5-9-23(26)25(31)28-16-18-6-3-2-4-7-18;1-19-10-12-11-21-22(15-7-5-14(20)6-8-15)17(12)9-13(19)3-2-4-16(19)18(23)24;8-6-7-4-2-1-3-5-7;;;;/h2-4,6-7,10-14,17,23H,5,8-9,15-16H2,1H3,(H,28,31);5-9,11,16H,2-4,10H2,1H3,(H,23,24);1-5H,6,8H2;4*1H4/t23-,26+;16-,19+;;;;;/m11...../s1. The number of carboxylic acids is 1. The summed E-state index contributed by atoms with van der Waals surface area (Å²) in [5.41, 5.74) is 15.5. The van der Waals surface area contributed by atoms with Gasteiger partial charge in [-0.05, 0) is 134 Å². The molecule has 0 bridgehead atoms. The number of halogens is 2. The van der Waals surface area contributed by atoms with E-state index in [1.807, 2.05) is 82.4 Å². The van der Waals surface area contributed by atoms with Gasteiger partial charge in [0.1, 0.15) is 11.6 Å². The van der Waals surface area contributed by atoms with Crippen LogP contribution in [-0.4, -0.2) is 36.5 Å². The minimum Gasteiger partial charge on any atom is -0.481 e. The Kier molecular flexibility index (Phi) is 18.1. The molecular weight excluding hydrogens is 843 g/mol. The van der Waals surface area contributed by atoms with Gasteiger partial charge in [0, 0.05) is 29.8 Å². The Morgan fingerprint density at radius 1 is 0.657 bits per heavy atom. The molecule has 4 atom stereocenters. The van der Waals surface area contributed by atoms with Gasteiger partial charge in [-0.3, -0.25) is 9.59 Å². The molecule has 0 aliphatic heterocycles. The van der Waals surface area contributed by atoms with Crippen molar-refractivity contribution in [2.45, 2.75) is 108 Å². The summed E-state index contributed by atoms with van der Waals surface area (Å²) in [5.74, 6) is -1.52. The summed E-state index contributed by atoms with van der Waals surface area (Å²) in [6.45, 7) is 5.48. The number of carboxylic acid groups (broad SMARTS) is 1. The fourth-order valence-corrected chi connectivity index (χ4v) is 10.00. The van der Waals surface area contributed by atoms with Crippen LogP contribution in [0.15, 0.2) is 133 Å². The van der Waals surface area contributed by atoms with Crippen molar-refractivity contribution in [1.29, 1.82) is 0 Å². The van der Waals surface area contributed by atoms with E-state index in [9.17, 15) is 23.5 Å². The highest BCUT2D eigenvalue weighted by Gasteiger charge is 2.48. The Bertz CT molecular complexity index is 2620. The zero-order valence-corrected chi connectivity index (χ0v) is 35.8. The fourth-order valence-electron chi connectivity index (χ4n) is 10.00. The number of fused-ring (bicyclic) bond motifs is 4. The molecule has 2 saturated carbocycles. The summed E-state index contributed by atoms with van der Waals surface area (Å²) < 4.78 is 30.2. The van der Waals surface area contributed by atoms with Crippen LogP contribution in [0.2, 0.25) is 0 Å². The van der Waals surface area contributed by atoms with Crippen molar-refractivity contribution in [3.63, 3.8) is 0 Å². The number of benzene rings is 4. The highest BCUT2D eigenvalue weighted by molar-refractivity contribution is 5.81. The largest absolute Gasteiger partial charge is 0.481 e. The second-order valence-corrected chi connectivity index (χ2v) is 17.5. The van der Waals surface area contributed by atoms with E-state index in [-0.39, 0.29) is 69.9 Å². The topological polar surface area (TPSA) is 128 Å². The number of carbonyl (C=O) groups excluding carboxylic acids is 1. The Labute approximate surface area is 396 Å². The summed E-state index contributed by atoms with van der Waals surface area (Å²) in [5, 5.41) is 21.8. The molecular formula is C56H70F2N6O3. The van der Waals surface area contributed by atoms with Gasteiger partial charge in [-0.15, -0.1) is 0 Å². The lowest BCUT2D eigenvalue weighted by Crippen LogP contribution is -2.45. The molecule has 10 rings (SSSR count). The third-order valence-corrected chi connectivity index (χ3v) is 13.5. The van der Waals surface area contributed by atoms with E-state index >= 15 is 0 Å². The zero-order chi connectivity index (χ0) is 44.1. The van der Waals surface area contributed by atoms with Gasteiger partial charge >= 0.3 is 5.97 Å². The van der Waals surface area contributed by atoms with Crippen molar-refractivity contribution in [2.24, 2.45) is 28.4 Å². The van der Waals surface area contributed by atoms with Gasteiger partial charge < -0.3 is 16.2 Å². The van der Waals surface area contributed by atoms with Crippen LogP contribution in [0.1, 0.15) is 116 Å². The van der Waals surface area contributed by atoms with Crippen LogP contribution in [-0.2, 0) is 35.5 Å². The van der Waals surface area contributed by atoms with Crippen molar-refractivity contribution < 1.29 is 23.5 Å². The lowest BCUT2D eigenvalue weighted by molar-refractivity contribution is -0.146. The number of rotatable bonds is 7. The maximum absolute atomic E-state index is 13.3. The molecule has 2 fully saturated rings. The molecule has 6 aromatic rings. The predicted molar refractivity (Wildman–Crippen MR) is 268 cm³/mol. The molecule has 4 aliphatic carbocycles. The SMILES string of the molecule is C.C.C.C.C[C@]12Cc3cnn(-c4ccc(F)cc4)c3C=C1CCC[C@@H]2C(=O)NCc1ccccc1.C[C@]12Cc3cnn(-c4ccc(F)cc4)c3C=C1CCC[C@@H]2C(=O)O.NCc1ccccc1. The number of carbonyl (C=O) groups is 2. The summed E-state index contributed by atoms with van der Waals surface area (Å²) >= 11 is 0. The van der Waals surface area contributed by atoms with E-state index in [4.69, 9.17) is 5.73 Å². The van der Waals surface area contributed by atoms with E-state index in [2.05, 4.69) is 41.5 Å². The molecule has 67 heavy (non-hydrogen) atoms. The molecule has 2 heterocycles. The van der Waals surface area contributed by atoms with Gasteiger partial charge in [0.05, 0.1) is 41.1 Å². The molecule has 11 heteroatoms. The number of nitrogens with two attached hydrogens (primary N) is 1. The monoisotopic (exact) mass is 913 g/mol. The van der Waals surface area contributed by atoms with Gasteiger partial charge in [-0.25, -0.2) is 18.1 Å². The Morgan fingerprint density at radius 2 is 1.07 bits per heavy atom. The number of nitrogens with one attached hydrogen (secondary N) is 1. The molecule has 4 aliphatic rings. The Morgan fingerprint density at radius 3 is 1.49 bits per heavy atom. The first-order valence-electron chi connectivity index (χ1n) is 21.8. The zero-order valence-electron chi connectivity index (χ0n) is 35.8. The number of aromatic nitrogens is 4. The second-order valence-electron chi connectivity index (χ2n) is 17.5. The van der Waals surface area contributed by atoms with Crippen molar-refractivity contribution >= 4 is 24.0 Å². The van der Waals surface area contributed by atoms with Crippen LogP contribution in [0.25, 0.3) is 23.5 Å². The van der Waals surface area contributed by atoms with Crippen molar-refractivity contribution in [3.05, 3.63) is 178 Å². The molecule has 9 nitrogen and oxygen atoms in total. The van der Waals surface area contributed by atoms with Gasteiger partial charge in [0.15, 0.2) is 0 Å². The highest BCUT2D eigenvalue weighted by atomic mass is 19.1. The summed E-state index contributed by atoms with van der Waals surface area (Å²) in [4.78, 5) is 24.9. The molecule has 0 saturated heterocycles. The van der Waals surface area contributed by atoms with Gasteiger partial charge in [0.25, 0.3) is 0 Å². The van der Waals surface area contributed by atoms with Crippen molar-refractivity contribution in [1.82, 2.24) is 24.9 Å². The van der Waals surface area contributed by atoms with E-state index in [1.165, 1.54) is 41.0 Å². The number of amides is 1. The number of nitrogens with zero attached hydrogens (tertiary/aromatic N) is 4. The third-order valence-electron chi connectivity index (χ3n) is 13.5. The first-order valence-corrected chi connectivity index (χ1v) is 21.8. The Balaban J connectivity index is 0.000000243. The third kappa shape index (κ3) is 11.2. The molecule has 0 spiro atoms. The minimum absolute atomic E-state index is 0. The van der Waals surface area contributed by atoms with Crippen LogP contribution in [0.4, 0.5) is 8.78 Å². The average molecular weight is 913 g/mol. The van der Waals surface area contributed by atoms with E-state index in [0.717, 1.165) is 84.4 Å². The van der Waals surface area contributed by atoms with Crippen LogP contribution in [0, 0.1) is 34.3 Å². The van der Waals surface area contributed by atoms with Gasteiger partial charge in [-0.2, -0.15) is 10.2 Å². The smallest absolute Gasteiger partial charge is 0.307 e. The lowest BCUT2D eigenvalue weighted by atomic mass is 9.59. The molecule has 356 valence electrons. The number of allylic oxidation sites excluding steroid dienone is 2. The van der Waals surface area contributed by atoms with E-state index in [1.54, 1.807) is 24.3 Å². The quantitative estimate of drug-likeness (QED) is 0.146. The van der Waals surface area contributed by atoms with E-state index in [0.29, 0.717) is 19.5 Å². The second kappa shape index (κ2) is 22.8. The van der Waals surface area contributed by atoms with Crippen LogP contribution < -0.4 is 11.1 Å². The summed E-state index contributed by atoms with van der Waals surface area (Å²) in [7, 11) is 0. The molecule has 4 aromatic carbocycles. The first kappa shape index (κ1) is 53.2. The van der Waals surface area contributed by atoms with Crippen molar-refractivity contribution in [3.8, 4) is 11.4 Å². The number of hydrogen-bond donors (Lipinski definition) is 3. The number of aliphatic carboxylic acids is 1. The van der Waals surface area contributed by atoms with Crippen molar-refractivity contribution in [2.75, 3.05) is 0 Å². The summed E-state index contributed by atoms with van der Waals surface area (Å²) in [6, 6.07) is 32.7. The van der Waals surface area contributed by atoms with Crippen LogP contribution in [0.3, 0.4) is 0 Å². The molecule has 0 unspecified atom stereocenters. The lowest BCUT2D eigenvalue weighted by Gasteiger charge is -2.45. The average Bonchev–Trinajstić information content (AvgIpc) is 3.90. The highest BCUT2D eigenvalue weighted by Crippen LogP contribution is 2.52. The van der Waals surface area contributed by atoms with Crippen LogP contribution in [0.5, 0.6) is 0 Å². The minimum atomic E-state index is -0.711. The molecule has 4 N–H and O–H groups in total. The fraction of sp³-hybridized carbons (Fsp3) is 0.357. The first-order chi connectivity index (χ1) is 30.5. The van der Waals surface area contributed by atoms with E-state index < -0.39 is 5.97 Å². The maximum atomic E-state index is 13.3. The van der Waals surface area contributed by atoms with Crippen LogP contribution >= 0.6 is 0 Å². The predicted octanol–water partition coefficient (Wildman–Crippen LogP) is 12.6. The molecule has 0 radical (unpaired) electrons. The van der Waals surface area contributed by atoms with Gasteiger partial charge in [0.2, 0.25) is 5.91 Å². The molecule has 1 amide bonds. The molecule has 2 aromatic heterocycles. The maximum Gasteiger partial charge on any atom is 0.307 e.